The highest BCUT2D eigenvalue weighted by Gasteiger charge is 2.40. The molecule has 1 aliphatic rings. The van der Waals surface area contributed by atoms with E-state index in [0.717, 1.165) is 12.2 Å². The minimum Gasteiger partial charge on any atom is -0.491 e. The van der Waals surface area contributed by atoms with Crippen LogP contribution in [0.4, 0.5) is 4.79 Å². The molecule has 2 atom stereocenters. The Bertz CT molecular complexity index is 774. The molecular weight excluding hydrogens is 338 g/mol. The molecule has 3 rings (SSSR count). The number of nitrogens with zero attached hydrogens (tertiary/aromatic N) is 1. The number of rotatable bonds is 4. The van der Waals surface area contributed by atoms with Crippen LogP contribution >= 0.6 is 0 Å². The molecule has 1 heterocycles. The smallest absolute Gasteiger partial charge is 0.415 e. The molecule has 0 N–H and O–H groups in total. The fraction of sp³-hybridized carbons (Fsp3) is 0.435. The van der Waals surface area contributed by atoms with Crippen molar-refractivity contribution in [1.29, 1.82) is 0 Å². The largest absolute Gasteiger partial charge is 0.491 e. The van der Waals surface area contributed by atoms with E-state index in [1.54, 1.807) is 12.1 Å². The van der Waals surface area contributed by atoms with Gasteiger partial charge in [0.1, 0.15) is 11.5 Å². The number of para-hydroxylation sites is 1. The topological polar surface area (TPSA) is 38.8 Å². The molecule has 1 unspecified atom stereocenters. The van der Waals surface area contributed by atoms with Crippen molar-refractivity contribution in [3.8, 4) is 11.5 Å². The first kappa shape index (κ1) is 19.3. The van der Waals surface area contributed by atoms with E-state index in [0.29, 0.717) is 24.8 Å². The third-order valence-electron chi connectivity index (χ3n) is 5.55. The SMILES string of the molecule is CC(C)Oc1cccc([C@]2(C)CCN(C(=O)Oc3ccccc3)CC2C)c1. The third kappa shape index (κ3) is 4.44. The van der Waals surface area contributed by atoms with E-state index in [1.807, 2.05) is 43.0 Å². The summed E-state index contributed by atoms with van der Waals surface area (Å²) in [5.74, 6) is 1.80. The van der Waals surface area contributed by atoms with Crippen LogP contribution in [0.25, 0.3) is 0 Å². The van der Waals surface area contributed by atoms with E-state index in [-0.39, 0.29) is 17.6 Å². The highest BCUT2D eigenvalue weighted by atomic mass is 16.6. The van der Waals surface area contributed by atoms with Crippen LogP contribution in [0, 0.1) is 5.92 Å². The van der Waals surface area contributed by atoms with Gasteiger partial charge in [0, 0.05) is 13.1 Å². The molecule has 4 heteroatoms. The van der Waals surface area contributed by atoms with Crippen molar-refractivity contribution in [1.82, 2.24) is 4.90 Å². The van der Waals surface area contributed by atoms with Gasteiger partial charge in [-0.15, -0.1) is 0 Å². The monoisotopic (exact) mass is 367 g/mol. The summed E-state index contributed by atoms with van der Waals surface area (Å²) >= 11 is 0. The lowest BCUT2D eigenvalue weighted by Gasteiger charge is -2.44. The van der Waals surface area contributed by atoms with Crippen LogP contribution in [0.15, 0.2) is 54.6 Å². The molecule has 0 radical (unpaired) electrons. The molecular formula is C23H29NO3. The quantitative estimate of drug-likeness (QED) is 0.739. The Labute approximate surface area is 162 Å². The van der Waals surface area contributed by atoms with E-state index < -0.39 is 0 Å². The summed E-state index contributed by atoms with van der Waals surface area (Å²) in [6, 6.07) is 17.6. The molecule has 0 spiro atoms. The fourth-order valence-electron chi connectivity index (χ4n) is 3.68. The number of likely N-dealkylation sites (tertiary alicyclic amines) is 1. The number of benzene rings is 2. The Kier molecular flexibility index (Phi) is 5.73. The third-order valence-corrected chi connectivity index (χ3v) is 5.55. The molecule has 1 aliphatic heterocycles. The number of ether oxygens (including phenoxy) is 2. The molecule has 1 saturated heterocycles. The lowest BCUT2D eigenvalue weighted by molar-refractivity contribution is 0.0968. The maximum absolute atomic E-state index is 12.5. The summed E-state index contributed by atoms with van der Waals surface area (Å²) in [4.78, 5) is 14.3. The van der Waals surface area contributed by atoms with Gasteiger partial charge in [-0.3, -0.25) is 0 Å². The fourth-order valence-corrected chi connectivity index (χ4v) is 3.68. The Morgan fingerprint density at radius 3 is 2.48 bits per heavy atom. The van der Waals surface area contributed by atoms with E-state index in [9.17, 15) is 4.79 Å². The van der Waals surface area contributed by atoms with Crippen molar-refractivity contribution in [2.24, 2.45) is 5.92 Å². The highest BCUT2D eigenvalue weighted by Crippen LogP contribution is 2.40. The average Bonchev–Trinajstić information content (AvgIpc) is 2.64. The summed E-state index contributed by atoms with van der Waals surface area (Å²) in [5.41, 5.74) is 1.27. The van der Waals surface area contributed by atoms with Crippen molar-refractivity contribution in [2.45, 2.75) is 45.6 Å². The lowest BCUT2D eigenvalue weighted by Crippen LogP contribution is -2.50. The van der Waals surface area contributed by atoms with Gasteiger partial charge in [-0.25, -0.2) is 4.79 Å². The lowest BCUT2D eigenvalue weighted by atomic mass is 9.68. The second-order valence-electron chi connectivity index (χ2n) is 7.89. The van der Waals surface area contributed by atoms with Crippen LogP contribution in [-0.2, 0) is 5.41 Å². The summed E-state index contributed by atoms with van der Waals surface area (Å²) in [5, 5.41) is 0. The van der Waals surface area contributed by atoms with E-state index in [4.69, 9.17) is 9.47 Å². The number of amides is 1. The number of hydrogen-bond acceptors (Lipinski definition) is 3. The van der Waals surface area contributed by atoms with Crippen LogP contribution in [-0.4, -0.2) is 30.2 Å². The van der Waals surface area contributed by atoms with E-state index >= 15 is 0 Å². The van der Waals surface area contributed by atoms with Gasteiger partial charge in [-0.05, 0) is 61.4 Å². The minimum atomic E-state index is -0.271. The van der Waals surface area contributed by atoms with E-state index in [1.165, 1.54) is 5.56 Å². The highest BCUT2D eigenvalue weighted by molar-refractivity contribution is 5.71. The van der Waals surface area contributed by atoms with Gasteiger partial charge < -0.3 is 14.4 Å². The predicted molar refractivity (Wildman–Crippen MR) is 107 cm³/mol. The predicted octanol–water partition coefficient (Wildman–Crippen LogP) is 5.27. The molecule has 0 aliphatic carbocycles. The van der Waals surface area contributed by atoms with Crippen LogP contribution in [0.1, 0.15) is 39.7 Å². The van der Waals surface area contributed by atoms with Crippen molar-refractivity contribution in [3.63, 3.8) is 0 Å². The molecule has 4 nitrogen and oxygen atoms in total. The second-order valence-corrected chi connectivity index (χ2v) is 7.89. The maximum atomic E-state index is 12.5. The van der Waals surface area contributed by atoms with Gasteiger partial charge in [0.2, 0.25) is 0 Å². The molecule has 0 saturated carbocycles. The Balaban J connectivity index is 1.69. The van der Waals surface area contributed by atoms with E-state index in [2.05, 4.69) is 32.0 Å². The summed E-state index contributed by atoms with van der Waals surface area (Å²) in [6.07, 6.45) is 0.774. The Hall–Kier alpha value is -2.49. The minimum absolute atomic E-state index is 0.000123. The molecule has 0 bridgehead atoms. The zero-order chi connectivity index (χ0) is 19.4. The van der Waals surface area contributed by atoms with Gasteiger partial charge in [0.15, 0.2) is 0 Å². The van der Waals surface area contributed by atoms with Crippen molar-refractivity contribution in [2.75, 3.05) is 13.1 Å². The first-order chi connectivity index (χ1) is 12.9. The maximum Gasteiger partial charge on any atom is 0.415 e. The Morgan fingerprint density at radius 2 is 1.81 bits per heavy atom. The summed E-state index contributed by atoms with van der Waals surface area (Å²) in [7, 11) is 0. The van der Waals surface area contributed by atoms with Gasteiger partial charge in [-0.1, -0.05) is 44.2 Å². The van der Waals surface area contributed by atoms with Crippen molar-refractivity contribution in [3.05, 3.63) is 60.2 Å². The molecule has 1 fully saturated rings. The van der Waals surface area contributed by atoms with Gasteiger partial charge >= 0.3 is 6.09 Å². The zero-order valence-electron chi connectivity index (χ0n) is 16.6. The van der Waals surface area contributed by atoms with Gasteiger partial charge in [-0.2, -0.15) is 0 Å². The first-order valence-corrected chi connectivity index (χ1v) is 9.67. The number of piperidine rings is 1. The van der Waals surface area contributed by atoms with Crippen molar-refractivity contribution >= 4 is 6.09 Å². The van der Waals surface area contributed by atoms with Crippen LogP contribution in [0.5, 0.6) is 11.5 Å². The molecule has 1 amide bonds. The number of carbonyl (C=O) groups is 1. The van der Waals surface area contributed by atoms with Crippen molar-refractivity contribution < 1.29 is 14.3 Å². The molecule has 27 heavy (non-hydrogen) atoms. The summed E-state index contributed by atoms with van der Waals surface area (Å²) in [6.45, 7) is 9.92. The Morgan fingerprint density at radius 1 is 1.11 bits per heavy atom. The van der Waals surface area contributed by atoms with Gasteiger partial charge in [0.05, 0.1) is 6.10 Å². The number of hydrogen-bond donors (Lipinski definition) is 0. The molecule has 0 aromatic heterocycles. The molecule has 2 aromatic rings. The normalized spacial score (nSPS) is 22.6. The summed E-state index contributed by atoms with van der Waals surface area (Å²) < 4.78 is 11.4. The molecule has 144 valence electrons. The van der Waals surface area contributed by atoms with Gasteiger partial charge in [0.25, 0.3) is 0 Å². The van der Waals surface area contributed by atoms with Crippen LogP contribution < -0.4 is 9.47 Å². The molecule has 2 aromatic carbocycles. The zero-order valence-corrected chi connectivity index (χ0v) is 16.6. The first-order valence-electron chi connectivity index (χ1n) is 9.67. The van der Waals surface area contributed by atoms with Crippen LogP contribution in [0.3, 0.4) is 0 Å². The standard InChI is InChI=1S/C23H29NO3/c1-17(2)26-21-12-8-9-19(15-21)23(4)13-14-24(16-18(23)3)22(25)27-20-10-6-5-7-11-20/h5-12,15,17-18H,13-14,16H2,1-4H3/t18?,23-/m1/s1. The average molecular weight is 367 g/mol. The second kappa shape index (κ2) is 8.03. The number of carbonyl (C=O) groups excluding carboxylic acids is 1. The van der Waals surface area contributed by atoms with Crippen LogP contribution in [0.2, 0.25) is 0 Å².